The Morgan fingerprint density at radius 1 is 1.58 bits per heavy atom. The van der Waals surface area contributed by atoms with Crippen LogP contribution in [0.1, 0.15) is 0 Å². The second kappa shape index (κ2) is 2.65. The summed E-state index contributed by atoms with van der Waals surface area (Å²) >= 11 is 0. The van der Waals surface area contributed by atoms with Crippen molar-refractivity contribution >= 4 is 17.2 Å². The molecule has 60 valence electrons. The topological polar surface area (TPSA) is 55.0 Å². The number of fused-ring (bicyclic) bond motifs is 1. The minimum Gasteiger partial charge on any atom is -0.411 e. The molecule has 4 nitrogen and oxygen atoms in total. The van der Waals surface area contributed by atoms with E-state index in [2.05, 4.69) is 9.97 Å². The number of aromatic nitrogens is 2. The molecule has 0 amide bonds. The van der Waals surface area contributed by atoms with Gasteiger partial charge in [0.25, 0.3) is 6.47 Å². The van der Waals surface area contributed by atoms with Crippen LogP contribution >= 0.6 is 0 Å². The first-order valence-electron chi connectivity index (χ1n) is 3.43. The van der Waals surface area contributed by atoms with Gasteiger partial charge in [0.2, 0.25) is 5.88 Å². The van der Waals surface area contributed by atoms with Crippen LogP contribution in [0.2, 0.25) is 0 Å². The molecule has 0 bridgehead atoms. The zero-order valence-corrected chi connectivity index (χ0v) is 6.15. The lowest BCUT2D eigenvalue weighted by Gasteiger charge is -1.92. The molecule has 2 aromatic rings. The summed E-state index contributed by atoms with van der Waals surface area (Å²) in [6, 6.07) is 1.78. The summed E-state index contributed by atoms with van der Waals surface area (Å²) < 4.78 is 4.70. The van der Waals surface area contributed by atoms with Gasteiger partial charge in [0.1, 0.15) is 0 Å². The van der Waals surface area contributed by atoms with Crippen LogP contribution in [0.25, 0.3) is 10.8 Å². The Bertz CT molecular complexity index is 408. The predicted octanol–water partition coefficient (Wildman–Crippen LogP) is 1.10. The Morgan fingerprint density at radius 3 is 3.33 bits per heavy atom. The maximum Gasteiger partial charge on any atom is 0.299 e. The summed E-state index contributed by atoms with van der Waals surface area (Å²) in [5, 5.41) is 1.78. The molecule has 2 heterocycles. The zero-order chi connectivity index (χ0) is 8.39. The van der Waals surface area contributed by atoms with Crippen molar-refractivity contribution in [2.75, 3.05) is 0 Å². The van der Waals surface area contributed by atoms with Crippen molar-refractivity contribution < 1.29 is 9.53 Å². The van der Waals surface area contributed by atoms with Gasteiger partial charge in [0, 0.05) is 29.4 Å². The fourth-order valence-electron chi connectivity index (χ4n) is 1.10. The lowest BCUT2D eigenvalue weighted by atomic mass is 10.3. The highest BCUT2D eigenvalue weighted by atomic mass is 16.5. The summed E-state index contributed by atoms with van der Waals surface area (Å²) in [6.45, 7) is 0.395. The quantitative estimate of drug-likeness (QED) is 0.672. The monoisotopic (exact) mass is 162 g/mol. The van der Waals surface area contributed by atoms with Crippen LogP contribution in [-0.2, 0) is 4.79 Å². The van der Waals surface area contributed by atoms with Gasteiger partial charge in [-0.25, -0.2) is 0 Å². The van der Waals surface area contributed by atoms with Crippen LogP contribution in [0.3, 0.4) is 0 Å². The second-order valence-corrected chi connectivity index (χ2v) is 2.29. The molecule has 2 aromatic heterocycles. The van der Waals surface area contributed by atoms with E-state index >= 15 is 0 Å². The van der Waals surface area contributed by atoms with Gasteiger partial charge in [-0.15, -0.1) is 0 Å². The van der Waals surface area contributed by atoms with E-state index in [1.54, 1.807) is 24.7 Å². The van der Waals surface area contributed by atoms with Crippen molar-refractivity contribution in [3.05, 3.63) is 24.7 Å². The fourth-order valence-corrected chi connectivity index (χ4v) is 1.10. The second-order valence-electron chi connectivity index (χ2n) is 2.29. The van der Waals surface area contributed by atoms with E-state index in [0.717, 1.165) is 10.8 Å². The van der Waals surface area contributed by atoms with E-state index in [1.807, 2.05) is 0 Å². The Morgan fingerprint density at radius 2 is 2.50 bits per heavy atom. The van der Waals surface area contributed by atoms with Crippen molar-refractivity contribution in [2.24, 2.45) is 0 Å². The molecule has 0 spiro atoms. The molecule has 12 heavy (non-hydrogen) atoms. The first-order chi connectivity index (χ1) is 5.92. The number of nitrogens with one attached hydrogen (secondary N) is 1. The van der Waals surface area contributed by atoms with E-state index in [-0.39, 0.29) is 0 Å². The summed E-state index contributed by atoms with van der Waals surface area (Å²) in [4.78, 5) is 16.8. The summed E-state index contributed by atoms with van der Waals surface area (Å²) in [6.07, 6.45) is 5.08. The van der Waals surface area contributed by atoms with Gasteiger partial charge in [-0.1, -0.05) is 0 Å². The molecule has 0 aliphatic carbocycles. The Hall–Kier alpha value is -1.84. The minimum atomic E-state index is 0.395. The molecule has 0 fully saturated rings. The highest BCUT2D eigenvalue weighted by Gasteiger charge is 2.02. The molecule has 0 saturated carbocycles. The Balaban J connectivity index is 2.62. The molecular formula is C8H6N2O2. The van der Waals surface area contributed by atoms with Gasteiger partial charge >= 0.3 is 0 Å². The van der Waals surface area contributed by atoms with Gasteiger partial charge in [-0.05, 0) is 6.07 Å². The number of carbonyl (C=O) groups excluding carboxylic acids is 1. The molecule has 1 N–H and O–H groups in total. The van der Waals surface area contributed by atoms with Crippen LogP contribution in [0.4, 0.5) is 0 Å². The molecule has 0 saturated heterocycles. The van der Waals surface area contributed by atoms with Crippen molar-refractivity contribution in [2.45, 2.75) is 0 Å². The van der Waals surface area contributed by atoms with Crippen molar-refractivity contribution in [1.29, 1.82) is 0 Å². The molecule has 0 aliphatic heterocycles. The zero-order valence-electron chi connectivity index (χ0n) is 6.15. The van der Waals surface area contributed by atoms with Gasteiger partial charge in [0.15, 0.2) is 0 Å². The molecule has 0 radical (unpaired) electrons. The van der Waals surface area contributed by atoms with E-state index < -0.39 is 0 Å². The fraction of sp³-hybridized carbons (Fsp3) is 0. The van der Waals surface area contributed by atoms with Crippen molar-refractivity contribution in [3.63, 3.8) is 0 Å². The van der Waals surface area contributed by atoms with Crippen LogP contribution in [0.15, 0.2) is 24.7 Å². The van der Waals surface area contributed by atoms with E-state index in [0.29, 0.717) is 12.4 Å². The lowest BCUT2D eigenvalue weighted by Crippen LogP contribution is -1.87. The number of aromatic amines is 1. The normalized spacial score (nSPS) is 10.0. The van der Waals surface area contributed by atoms with Crippen LogP contribution in [0, 0.1) is 0 Å². The maximum absolute atomic E-state index is 10.1. The van der Waals surface area contributed by atoms with E-state index in [1.165, 1.54) is 0 Å². The number of pyridine rings is 1. The molecule has 0 unspecified atom stereocenters. The Labute approximate surface area is 68.2 Å². The lowest BCUT2D eigenvalue weighted by molar-refractivity contribution is -0.120. The average molecular weight is 162 g/mol. The van der Waals surface area contributed by atoms with Gasteiger partial charge in [-0.3, -0.25) is 9.78 Å². The molecule has 4 heteroatoms. The van der Waals surface area contributed by atoms with Gasteiger partial charge in [-0.2, -0.15) is 0 Å². The minimum absolute atomic E-state index is 0.395. The van der Waals surface area contributed by atoms with Crippen LogP contribution < -0.4 is 4.74 Å². The third-order valence-corrected chi connectivity index (χ3v) is 1.62. The first kappa shape index (κ1) is 6.84. The largest absolute Gasteiger partial charge is 0.411 e. The van der Waals surface area contributed by atoms with Crippen LogP contribution in [0.5, 0.6) is 5.88 Å². The third kappa shape index (κ3) is 0.934. The number of nitrogens with zero attached hydrogens (tertiary/aromatic N) is 1. The number of H-pyrrole nitrogens is 1. The standard InChI is InChI=1S/C8H6N2O2/c11-5-12-8-7-1-2-9-3-6(7)4-10-8/h1-5,10H. The van der Waals surface area contributed by atoms with Crippen LogP contribution in [-0.4, -0.2) is 16.4 Å². The number of ether oxygens (including phenoxy) is 1. The maximum atomic E-state index is 10.1. The highest BCUT2D eigenvalue weighted by molar-refractivity contribution is 5.87. The molecule has 0 aromatic carbocycles. The summed E-state index contributed by atoms with van der Waals surface area (Å²) in [7, 11) is 0. The van der Waals surface area contributed by atoms with Crippen molar-refractivity contribution in [1.82, 2.24) is 9.97 Å². The number of hydrogen-bond donors (Lipinski definition) is 1. The molecule has 0 aliphatic rings. The molecule has 0 atom stereocenters. The first-order valence-corrected chi connectivity index (χ1v) is 3.43. The number of rotatable bonds is 2. The van der Waals surface area contributed by atoms with E-state index in [9.17, 15) is 4.79 Å². The molecular weight excluding hydrogens is 156 g/mol. The SMILES string of the molecule is O=COc1[nH]cc2cnccc12. The Kier molecular flexibility index (Phi) is 1.51. The number of carbonyl (C=O) groups is 1. The number of hydrogen-bond acceptors (Lipinski definition) is 3. The smallest absolute Gasteiger partial charge is 0.299 e. The summed E-state index contributed by atoms with van der Waals surface area (Å²) in [5.74, 6) is 0.461. The van der Waals surface area contributed by atoms with Gasteiger partial charge in [0.05, 0.1) is 0 Å². The third-order valence-electron chi connectivity index (χ3n) is 1.62. The predicted molar refractivity (Wildman–Crippen MR) is 42.8 cm³/mol. The summed E-state index contributed by atoms with van der Waals surface area (Å²) in [5.41, 5.74) is 0. The average Bonchev–Trinajstić information content (AvgIpc) is 2.50. The molecule has 2 rings (SSSR count). The van der Waals surface area contributed by atoms with E-state index in [4.69, 9.17) is 4.74 Å². The van der Waals surface area contributed by atoms with Crippen molar-refractivity contribution in [3.8, 4) is 5.88 Å². The highest BCUT2D eigenvalue weighted by Crippen LogP contribution is 2.22. The van der Waals surface area contributed by atoms with Gasteiger partial charge < -0.3 is 9.72 Å².